The molecule has 0 aliphatic heterocycles. The molecule has 0 aliphatic rings. The zero-order chi connectivity index (χ0) is 21.9. The normalized spacial score (nSPS) is 10.8. The van der Waals surface area contributed by atoms with Crippen LogP contribution in [0.1, 0.15) is 44.5 Å². The molecular weight excluding hydrogens is 408 g/mol. The van der Waals surface area contributed by atoms with E-state index in [0.29, 0.717) is 23.9 Å². The number of rotatable bonds is 12. The molecule has 0 bridgehead atoms. The molecule has 1 amide bonds. The van der Waals surface area contributed by atoms with E-state index in [1.807, 2.05) is 54.0 Å². The number of nitrogens with one attached hydrogen (secondary N) is 1. The van der Waals surface area contributed by atoms with Crippen molar-refractivity contribution >= 4 is 17.7 Å². The third kappa shape index (κ3) is 6.85. The number of benzene rings is 2. The molecule has 6 nitrogen and oxygen atoms in total. The zero-order valence-electron chi connectivity index (χ0n) is 18.2. The fourth-order valence-electron chi connectivity index (χ4n) is 3.19. The molecule has 0 spiro atoms. The number of ether oxygens (including phenoxy) is 1. The zero-order valence-corrected chi connectivity index (χ0v) is 19.0. The lowest BCUT2D eigenvalue weighted by Gasteiger charge is -2.12. The van der Waals surface area contributed by atoms with Gasteiger partial charge in [-0.25, -0.2) is 0 Å². The van der Waals surface area contributed by atoms with E-state index in [1.165, 1.54) is 11.8 Å². The van der Waals surface area contributed by atoms with Crippen molar-refractivity contribution < 1.29 is 9.53 Å². The Morgan fingerprint density at radius 3 is 2.52 bits per heavy atom. The number of aromatic nitrogens is 3. The average molecular weight is 439 g/mol. The van der Waals surface area contributed by atoms with Gasteiger partial charge in [0.05, 0.1) is 12.4 Å². The first-order valence-corrected chi connectivity index (χ1v) is 11.8. The van der Waals surface area contributed by atoms with Crippen LogP contribution < -0.4 is 10.1 Å². The quantitative estimate of drug-likeness (QED) is 0.329. The first kappa shape index (κ1) is 22.9. The van der Waals surface area contributed by atoms with Crippen molar-refractivity contribution in [2.75, 3.05) is 18.9 Å². The summed E-state index contributed by atoms with van der Waals surface area (Å²) in [4.78, 5) is 12.2. The molecule has 0 aliphatic carbocycles. The van der Waals surface area contributed by atoms with Crippen LogP contribution in [0, 0.1) is 0 Å². The minimum absolute atomic E-state index is 0.0203. The number of unbranched alkanes of at least 4 members (excludes halogenated alkanes) is 2. The maximum atomic E-state index is 12.2. The van der Waals surface area contributed by atoms with Crippen LogP contribution in [-0.4, -0.2) is 39.6 Å². The second kappa shape index (κ2) is 12.2. The van der Waals surface area contributed by atoms with Gasteiger partial charge in [-0.2, -0.15) is 0 Å². The highest BCUT2D eigenvalue weighted by atomic mass is 32.2. The fourth-order valence-corrected chi connectivity index (χ4v) is 3.99. The summed E-state index contributed by atoms with van der Waals surface area (Å²) in [5.41, 5.74) is 2.11. The summed E-state index contributed by atoms with van der Waals surface area (Å²) in [6.45, 7) is 5.46. The van der Waals surface area contributed by atoms with Gasteiger partial charge < -0.3 is 10.1 Å². The minimum Gasteiger partial charge on any atom is -0.494 e. The summed E-state index contributed by atoms with van der Waals surface area (Å²) in [7, 11) is 0. The molecule has 31 heavy (non-hydrogen) atoms. The van der Waals surface area contributed by atoms with Crippen molar-refractivity contribution in [1.82, 2.24) is 20.1 Å². The molecule has 1 heterocycles. The number of amides is 1. The van der Waals surface area contributed by atoms with Crippen molar-refractivity contribution in [2.24, 2.45) is 0 Å². The first-order valence-electron chi connectivity index (χ1n) is 10.8. The van der Waals surface area contributed by atoms with Gasteiger partial charge in [0.15, 0.2) is 5.16 Å². The maximum Gasteiger partial charge on any atom is 0.230 e. The second-order valence-electron chi connectivity index (χ2n) is 7.17. The summed E-state index contributed by atoms with van der Waals surface area (Å²) >= 11 is 1.41. The molecule has 1 N–H and O–H groups in total. The summed E-state index contributed by atoms with van der Waals surface area (Å²) in [5, 5.41) is 12.5. The van der Waals surface area contributed by atoms with E-state index in [4.69, 9.17) is 4.74 Å². The summed E-state index contributed by atoms with van der Waals surface area (Å²) < 4.78 is 7.60. The standard InChI is InChI=1S/C24H30N4O2S/c1-3-5-9-16-25-23(29)18-31-24-27-26-22(17-19-10-7-6-8-11-19)28(24)20-12-14-21(15-13-20)30-4-2/h6-8,10-15H,3-5,9,16-18H2,1-2H3,(H,25,29). The number of nitrogens with zero attached hydrogens (tertiary/aromatic N) is 3. The Labute approximate surface area is 188 Å². The third-order valence-electron chi connectivity index (χ3n) is 4.75. The second-order valence-corrected chi connectivity index (χ2v) is 8.11. The van der Waals surface area contributed by atoms with E-state index in [1.54, 1.807) is 0 Å². The maximum absolute atomic E-state index is 12.2. The number of thioether (sulfide) groups is 1. The molecule has 164 valence electrons. The summed E-state index contributed by atoms with van der Waals surface area (Å²) in [5.74, 6) is 1.99. The van der Waals surface area contributed by atoms with Crippen molar-refractivity contribution in [3.05, 3.63) is 66.0 Å². The highest BCUT2D eigenvalue weighted by Crippen LogP contribution is 2.25. The summed E-state index contributed by atoms with van der Waals surface area (Å²) in [6.07, 6.45) is 3.93. The number of carbonyl (C=O) groups excluding carboxylic acids is 1. The molecule has 0 unspecified atom stereocenters. The van der Waals surface area contributed by atoms with Crippen molar-refractivity contribution in [1.29, 1.82) is 0 Å². The van der Waals surface area contributed by atoms with Gasteiger partial charge in [-0.3, -0.25) is 9.36 Å². The predicted octanol–water partition coefficient (Wildman–Crippen LogP) is 4.66. The van der Waals surface area contributed by atoms with Gasteiger partial charge in [-0.05, 0) is 43.2 Å². The number of hydrogen-bond acceptors (Lipinski definition) is 5. The largest absolute Gasteiger partial charge is 0.494 e. The Kier molecular flexibility index (Phi) is 8.97. The van der Waals surface area contributed by atoms with E-state index in [2.05, 4.69) is 34.6 Å². The molecular formula is C24H30N4O2S. The predicted molar refractivity (Wildman–Crippen MR) is 125 cm³/mol. The molecule has 7 heteroatoms. The Morgan fingerprint density at radius 1 is 1.03 bits per heavy atom. The van der Waals surface area contributed by atoms with E-state index in [-0.39, 0.29) is 5.91 Å². The Hall–Kier alpha value is -2.80. The van der Waals surface area contributed by atoms with Crippen LogP contribution in [0.2, 0.25) is 0 Å². The molecule has 3 aromatic rings. The Morgan fingerprint density at radius 2 is 1.81 bits per heavy atom. The molecule has 0 saturated heterocycles. The highest BCUT2D eigenvalue weighted by Gasteiger charge is 2.16. The fraction of sp³-hybridized carbons (Fsp3) is 0.375. The van der Waals surface area contributed by atoms with E-state index >= 15 is 0 Å². The summed E-state index contributed by atoms with van der Waals surface area (Å²) in [6, 6.07) is 18.1. The molecule has 3 rings (SSSR count). The van der Waals surface area contributed by atoms with Gasteiger partial charge in [-0.1, -0.05) is 61.9 Å². The SMILES string of the molecule is CCCCCNC(=O)CSc1nnc(Cc2ccccc2)n1-c1ccc(OCC)cc1. The van der Waals surface area contributed by atoms with Crippen molar-refractivity contribution in [3.63, 3.8) is 0 Å². The van der Waals surface area contributed by atoms with Gasteiger partial charge >= 0.3 is 0 Å². The molecule has 0 saturated carbocycles. The minimum atomic E-state index is 0.0203. The van der Waals surface area contributed by atoms with Gasteiger partial charge in [0.1, 0.15) is 11.6 Å². The lowest BCUT2D eigenvalue weighted by Crippen LogP contribution is -2.26. The van der Waals surface area contributed by atoms with Gasteiger partial charge in [0, 0.05) is 18.7 Å². The Bertz CT molecular complexity index is 942. The Balaban J connectivity index is 1.77. The monoisotopic (exact) mass is 438 g/mol. The van der Waals surface area contributed by atoms with Crippen LogP contribution in [-0.2, 0) is 11.2 Å². The van der Waals surface area contributed by atoms with Crippen LogP contribution in [0.5, 0.6) is 5.75 Å². The van der Waals surface area contributed by atoms with Crippen LogP contribution in [0.25, 0.3) is 5.69 Å². The van der Waals surface area contributed by atoms with E-state index in [0.717, 1.165) is 48.6 Å². The van der Waals surface area contributed by atoms with Crippen LogP contribution in [0.3, 0.4) is 0 Å². The number of hydrogen-bond donors (Lipinski definition) is 1. The van der Waals surface area contributed by atoms with Gasteiger partial charge in [0.2, 0.25) is 5.91 Å². The van der Waals surface area contributed by atoms with Crippen LogP contribution in [0.4, 0.5) is 0 Å². The van der Waals surface area contributed by atoms with E-state index in [9.17, 15) is 4.79 Å². The van der Waals surface area contributed by atoms with E-state index < -0.39 is 0 Å². The van der Waals surface area contributed by atoms with Gasteiger partial charge in [0.25, 0.3) is 0 Å². The lowest BCUT2D eigenvalue weighted by molar-refractivity contribution is -0.118. The molecule has 2 aromatic carbocycles. The first-order chi connectivity index (χ1) is 15.2. The third-order valence-corrected chi connectivity index (χ3v) is 5.68. The smallest absolute Gasteiger partial charge is 0.230 e. The molecule has 0 radical (unpaired) electrons. The van der Waals surface area contributed by atoms with Crippen LogP contribution in [0.15, 0.2) is 59.8 Å². The van der Waals surface area contributed by atoms with Crippen molar-refractivity contribution in [3.8, 4) is 11.4 Å². The number of carbonyl (C=O) groups is 1. The molecule has 0 fully saturated rings. The highest BCUT2D eigenvalue weighted by molar-refractivity contribution is 7.99. The van der Waals surface area contributed by atoms with Crippen LogP contribution >= 0.6 is 11.8 Å². The molecule has 0 atom stereocenters. The van der Waals surface area contributed by atoms with Crippen molar-refractivity contribution in [2.45, 2.75) is 44.7 Å². The lowest BCUT2D eigenvalue weighted by atomic mass is 10.1. The molecule has 1 aromatic heterocycles. The topological polar surface area (TPSA) is 69.0 Å². The van der Waals surface area contributed by atoms with Gasteiger partial charge in [-0.15, -0.1) is 10.2 Å². The average Bonchev–Trinajstić information content (AvgIpc) is 3.19.